The summed E-state index contributed by atoms with van der Waals surface area (Å²) in [6, 6.07) is 0. The van der Waals surface area contributed by atoms with Crippen molar-refractivity contribution < 1.29 is 5.73 Å². The second-order valence-corrected chi connectivity index (χ2v) is 1.76. The molecule has 0 aliphatic rings. The quantitative estimate of drug-likeness (QED) is 0.404. The molecule has 6 heavy (non-hydrogen) atoms. The monoisotopic (exact) mass is 105 g/mol. The SMILES string of the molecule is CN(C)C([NH3+])=S. The predicted molar refractivity (Wildman–Crippen MR) is 29.2 cm³/mol. The molecule has 0 aromatic heterocycles. The van der Waals surface area contributed by atoms with Crippen molar-refractivity contribution in [1.82, 2.24) is 4.90 Å². The van der Waals surface area contributed by atoms with Gasteiger partial charge in [-0.05, 0) is 0 Å². The van der Waals surface area contributed by atoms with E-state index in [1.54, 1.807) is 4.90 Å². The Hall–Kier alpha value is -0.150. The Morgan fingerprint density at radius 3 is 1.83 bits per heavy atom. The van der Waals surface area contributed by atoms with E-state index in [1.807, 2.05) is 14.1 Å². The van der Waals surface area contributed by atoms with Crippen molar-refractivity contribution >= 4 is 17.3 Å². The van der Waals surface area contributed by atoms with E-state index in [4.69, 9.17) is 0 Å². The van der Waals surface area contributed by atoms with E-state index < -0.39 is 0 Å². The fourth-order valence-corrected chi connectivity index (χ4v) is 0. The highest BCUT2D eigenvalue weighted by molar-refractivity contribution is 7.79. The van der Waals surface area contributed by atoms with Crippen LogP contribution >= 0.6 is 12.2 Å². The standard InChI is InChI=1S/C3H8N2S/c1-5(2)3(4)6/h1-2H3,(H2,4,6)/p+1. The van der Waals surface area contributed by atoms with Crippen molar-refractivity contribution in [3.05, 3.63) is 0 Å². The van der Waals surface area contributed by atoms with Crippen LogP contribution in [-0.4, -0.2) is 24.1 Å². The van der Waals surface area contributed by atoms with Crippen molar-refractivity contribution in [3.8, 4) is 0 Å². The molecule has 0 atom stereocenters. The summed E-state index contributed by atoms with van der Waals surface area (Å²) in [4.78, 5) is 1.79. The molecule has 0 saturated carbocycles. The fourth-order valence-electron chi connectivity index (χ4n) is 0. The molecule has 0 aliphatic heterocycles. The molecule has 0 aromatic rings. The topological polar surface area (TPSA) is 30.9 Å². The van der Waals surface area contributed by atoms with Gasteiger partial charge in [-0.15, -0.1) is 0 Å². The first-order valence-electron chi connectivity index (χ1n) is 1.68. The summed E-state index contributed by atoms with van der Waals surface area (Å²) in [5.74, 6) is 0. The molecule has 0 amide bonds. The van der Waals surface area contributed by atoms with E-state index in [0.29, 0.717) is 5.11 Å². The van der Waals surface area contributed by atoms with Crippen LogP contribution in [-0.2, 0) is 0 Å². The van der Waals surface area contributed by atoms with Crippen molar-refractivity contribution in [3.63, 3.8) is 0 Å². The molecule has 0 rings (SSSR count). The molecule has 0 spiro atoms. The van der Waals surface area contributed by atoms with E-state index in [9.17, 15) is 0 Å². The molecule has 0 fully saturated rings. The number of nitrogens with zero attached hydrogens (tertiary/aromatic N) is 1. The lowest BCUT2D eigenvalue weighted by Crippen LogP contribution is -2.61. The first kappa shape index (κ1) is 5.85. The van der Waals surface area contributed by atoms with Gasteiger partial charge < -0.3 is 10.6 Å². The molecule has 3 heteroatoms. The zero-order valence-electron chi connectivity index (χ0n) is 4.06. The molecule has 2 nitrogen and oxygen atoms in total. The number of rotatable bonds is 0. The van der Waals surface area contributed by atoms with E-state index in [-0.39, 0.29) is 0 Å². The maximum atomic E-state index is 4.63. The lowest BCUT2D eigenvalue weighted by Gasteiger charge is -2.01. The van der Waals surface area contributed by atoms with Gasteiger partial charge in [0, 0.05) is 26.3 Å². The number of thiocarbonyl (C=S) groups is 1. The summed E-state index contributed by atoms with van der Waals surface area (Å²) < 4.78 is 0. The lowest BCUT2D eigenvalue weighted by molar-refractivity contribution is -0.225. The van der Waals surface area contributed by atoms with E-state index >= 15 is 0 Å². The maximum absolute atomic E-state index is 4.63. The lowest BCUT2D eigenvalue weighted by atomic mass is 10.9. The van der Waals surface area contributed by atoms with Crippen molar-refractivity contribution in [2.75, 3.05) is 14.1 Å². The second-order valence-electron chi connectivity index (χ2n) is 1.29. The highest BCUT2D eigenvalue weighted by Crippen LogP contribution is 1.64. The van der Waals surface area contributed by atoms with Crippen LogP contribution in [0.5, 0.6) is 0 Å². The van der Waals surface area contributed by atoms with Gasteiger partial charge in [0.05, 0.1) is 0 Å². The third-order valence-corrected chi connectivity index (χ3v) is 0.864. The summed E-state index contributed by atoms with van der Waals surface area (Å²) in [5, 5.41) is 0.676. The number of quaternary nitrogens is 1. The molecule has 0 heterocycles. The highest BCUT2D eigenvalue weighted by Gasteiger charge is 1.88. The average molecular weight is 105 g/mol. The van der Waals surface area contributed by atoms with E-state index in [0.717, 1.165) is 0 Å². The van der Waals surface area contributed by atoms with Crippen molar-refractivity contribution in [2.24, 2.45) is 0 Å². The molecule has 0 radical (unpaired) electrons. The Kier molecular flexibility index (Phi) is 2.05. The van der Waals surface area contributed by atoms with E-state index in [1.165, 1.54) is 0 Å². The highest BCUT2D eigenvalue weighted by atomic mass is 32.1. The van der Waals surface area contributed by atoms with Gasteiger partial charge in [0.1, 0.15) is 0 Å². The van der Waals surface area contributed by atoms with Crippen LogP contribution in [0.25, 0.3) is 0 Å². The minimum atomic E-state index is 0.676. The van der Waals surface area contributed by atoms with Crippen LogP contribution in [0, 0.1) is 0 Å². The second kappa shape index (κ2) is 2.10. The zero-order valence-corrected chi connectivity index (χ0v) is 4.88. The molecule has 0 saturated heterocycles. The first-order valence-corrected chi connectivity index (χ1v) is 2.08. The minimum absolute atomic E-state index is 0.676. The molecule has 0 aromatic carbocycles. The Labute approximate surface area is 42.9 Å². The van der Waals surface area contributed by atoms with Gasteiger partial charge >= 0.3 is 0 Å². The first-order chi connectivity index (χ1) is 2.64. The zero-order chi connectivity index (χ0) is 5.15. The normalized spacial score (nSPS) is 7.83. The predicted octanol–water partition coefficient (Wildman–Crippen LogP) is -0.925. The fraction of sp³-hybridized carbons (Fsp3) is 0.667. The van der Waals surface area contributed by atoms with Crippen LogP contribution in [0.4, 0.5) is 0 Å². The van der Waals surface area contributed by atoms with Gasteiger partial charge in [-0.2, -0.15) is 0 Å². The Morgan fingerprint density at radius 2 is 1.83 bits per heavy atom. The van der Waals surface area contributed by atoms with Gasteiger partial charge in [-0.3, -0.25) is 0 Å². The van der Waals surface area contributed by atoms with Gasteiger partial charge in [0.2, 0.25) is 0 Å². The van der Waals surface area contributed by atoms with Crippen LogP contribution in [0.2, 0.25) is 0 Å². The van der Waals surface area contributed by atoms with Gasteiger partial charge in [0.15, 0.2) is 0 Å². The largest absolute Gasteiger partial charge is 0.324 e. The average Bonchev–Trinajstić information content (AvgIpc) is 1.36. The van der Waals surface area contributed by atoms with Crippen LogP contribution in [0.1, 0.15) is 0 Å². The van der Waals surface area contributed by atoms with Gasteiger partial charge in [-0.1, -0.05) is 0 Å². The summed E-state index contributed by atoms with van der Waals surface area (Å²) in [6.07, 6.45) is 0. The van der Waals surface area contributed by atoms with Crippen LogP contribution in [0.3, 0.4) is 0 Å². The summed E-state index contributed by atoms with van der Waals surface area (Å²) in [5.41, 5.74) is 3.50. The Morgan fingerprint density at radius 1 is 1.67 bits per heavy atom. The molecule has 3 N–H and O–H groups in total. The van der Waals surface area contributed by atoms with Crippen LogP contribution in [0.15, 0.2) is 0 Å². The molecule has 0 aliphatic carbocycles. The van der Waals surface area contributed by atoms with Crippen LogP contribution < -0.4 is 5.73 Å². The Balaban J connectivity index is 3.26. The summed E-state index contributed by atoms with van der Waals surface area (Å²) in [6.45, 7) is 0. The number of hydrogen-bond donors (Lipinski definition) is 1. The van der Waals surface area contributed by atoms with Crippen molar-refractivity contribution in [1.29, 1.82) is 0 Å². The third-order valence-electron chi connectivity index (χ3n) is 0.499. The minimum Gasteiger partial charge on any atom is -0.324 e. The third kappa shape index (κ3) is 2.11. The smallest absolute Gasteiger partial charge is 0.267 e. The van der Waals surface area contributed by atoms with Gasteiger partial charge in [0.25, 0.3) is 5.11 Å². The molecule has 36 valence electrons. The molecular weight excluding hydrogens is 96.1 g/mol. The van der Waals surface area contributed by atoms with Gasteiger partial charge in [-0.25, -0.2) is 0 Å². The molecule has 0 unspecified atom stereocenters. The van der Waals surface area contributed by atoms with E-state index in [2.05, 4.69) is 18.0 Å². The summed E-state index contributed by atoms with van der Waals surface area (Å²) in [7, 11) is 3.74. The Bertz CT molecular complexity index is 59.8. The number of hydrogen-bond acceptors (Lipinski definition) is 1. The summed E-state index contributed by atoms with van der Waals surface area (Å²) >= 11 is 4.63. The molecular formula is C3H9N2S+. The maximum Gasteiger partial charge on any atom is 0.267 e. The van der Waals surface area contributed by atoms with Crippen molar-refractivity contribution in [2.45, 2.75) is 0 Å². The molecule has 0 bridgehead atoms.